The monoisotopic (exact) mass is 326 g/mol. The molecule has 2 N–H and O–H groups in total. The smallest absolute Gasteiger partial charge is 0.270 e. The second kappa shape index (κ2) is 8.43. The van der Waals surface area contributed by atoms with Crippen molar-refractivity contribution in [1.29, 1.82) is 0 Å². The molecule has 1 aromatic heterocycles. The Labute approximate surface area is 143 Å². The topological polar surface area (TPSA) is 66.9 Å². The van der Waals surface area contributed by atoms with Gasteiger partial charge in [0.15, 0.2) is 0 Å². The van der Waals surface area contributed by atoms with Crippen LogP contribution >= 0.6 is 0 Å². The largest absolute Gasteiger partial charge is 0.351 e. The number of carbonyl (C=O) groups is 1. The zero-order valence-corrected chi connectivity index (χ0v) is 14.9. The van der Waals surface area contributed by atoms with E-state index < -0.39 is 0 Å². The van der Waals surface area contributed by atoms with E-state index in [9.17, 15) is 4.79 Å². The van der Waals surface area contributed by atoms with Gasteiger partial charge in [0.2, 0.25) is 5.95 Å². The summed E-state index contributed by atoms with van der Waals surface area (Å²) < 4.78 is 0. The molecule has 0 aliphatic heterocycles. The van der Waals surface area contributed by atoms with E-state index in [0.717, 1.165) is 24.1 Å². The van der Waals surface area contributed by atoms with Crippen molar-refractivity contribution in [3.63, 3.8) is 0 Å². The third-order valence-electron chi connectivity index (χ3n) is 3.87. The summed E-state index contributed by atoms with van der Waals surface area (Å²) in [5.41, 5.74) is 3.72. The standard InChI is InChI=1S/C19H26N4O/c1-5-15-8-6-7-14(4)17(15)23-19-21-12-10-16(22-19)18(24)20-11-9-13(2)3/h6-8,10,12-13H,5,9,11H2,1-4H3,(H,20,24)(H,21,22,23). The summed E-state index contributed by atoms with van der Waals surface area (Å²) in [4.78, 5) is 20.8. The molecular weight excluding hydrogens is 300 g/mol. The summed E-state index contributed by atoms with van der Waals surface area (Å²) in [6, 6.07) is 7.80. The Morgan fingerprint density at radius 2 is 2.04 bits per heavy atom. The Hall–Kier alpha value is -2.43. The molecule has 1 heterocycles. The summed E-state index contributed by atoms with van der Waals surface area (Å²) in [7, 11) is 0. The normalized spacial score (nSPS) is 10.7. The molecule has 0 saturated heterocycles. The molecule has 1 amide bonds. The minimum absolute atomic E-state index is 0.165. The summed E-state index contributed by atoms with van der Waals surface area (Å²) in [6.45, 7) is 9.07. The van der Waals surface area contributed by atoms with Gasteiger partial charge in [-0.1, -0.05) is 39.0 Å². The van der Waals surface area contributed by atoms with Crippen molar-refractivity contribution >= 4 is 17.5 Å². The lowest BCUT2D eigenvalue weighted by atomic mass is 10.1. The van der Waals surface area contributed by atoms with Crippen LogP contribution in [-0.4, -0.2) is 22.4 Å². The van der Waals surface area contributed by atoms with Gasteiger partial charge in [-0.15, -0.1) is 0 Å². The molecule has 24 heavy (non-hydrogen) atoms. The predicted octanol–water partition coefficient (Wildman–Crippen LogP) is 3.87. The number of amides is 1. The van der Waals surface area contributed by atoms with Gasteiger partial charge in [0.05, 0.1) is 0 Å². The third kappa shape index (κ3) is 4.78. The zero-order chi connectivity index (χ0) is 17.5. The number of nitrogens with zero attached hydrogens (tertiary/aromatic N) is 2. The van der Waals surface area contributed by atoms with Crippen molar-refractivity contribution in [1.82, 2.24) is 15.3 Å². The number of hydrogen-bond donors (Lipinski definition) is 2. The molecule has 2 aromatic rings. The fourth-order valence-electron chi connectivity index (χ4n) is 2.42. The third-order valence-corrected chi connectivity index (χ3v) is 3.87. The van der Waals surface area contributed by atoms with E-state index in [0.29, 0.717) is 24.1 Å². The van der Waals surface area contributed by atoms with Gasteiger partial charge in [-0.3, -0.25) is 4.79 Å². The van der Waals surface area contributed by atoms with Crippen LogP contribution in [0.5, 0.6) is 0 Å². The molecule has 0 aliphatic carbocycles. The molecule has 0 unspecified atom stereocenters. The average Bonchev–Trinajstić information content (AvgIpc) is 2.56. The highest BCUT2D eigenvalue weighted by Crippen LogP contribution is 2.23. The van der Waals surface area contributed by atoms with Crippen molar-refractivity contribution in [2.24, 2.45) is 5.92 Å². The fraction of sp³-hybridized carbons (Fsp3) is 0.421. The number of aryl methyl sites for hydroxylation is 2. The lowest BCUT2D eigenvalue weighted by Crippen LogP contribution is -2.26. The van der Waals surface area contributed by atoms with E-state index in [1.54, 1.807) is 12.3 Å². The lowest BCUT2D eigenvalue weighted by Gasteiger charge is -2.13. The highest BCUT2D eigenvalue weighted by molar-refractivity contribution is 5.92. The lowest BCUT2D eigenvalue weighted by molar-refractivity contribution is 0.0947. The van der Waals surface area contributed by atoms with Crippen LogP contribution in [0.3, 0.4) is 0 Å². The number of para-hydroxylation sites is 1. The van der Waals surface area contributed by atoms with E-state index in [2.05, 4.69) is 47.4 Å². The van der Waals surface area contributed by atoms with Gasteiger partial charge < -0.3 is 10.6 Å². The van der Waals surface area contributed by atoms with Crippen molar-refractivity contribution < 1.29 is 4.79 Å². The van der Waals surface area contributed by atoms with Crippen LogP contribution in [0.2, 0.25) is 0 Å². The maximum atomic E-state index is 12.2. The number of aromatic nitrogens is 2. The van der Waals surface area contributed by atoms with Gasteiger partial charge in [0, 0.05) is 18.4 Å². The quantitative estimate of drug-likeness (QED) is 0.810. The van der Waals surface area contributed by atoms with Gasteiger partial charge in [0.1, 0.15) is 5.69 Å². The molecule has 0 radical (unpaired) electrons. The minimum Gasteiger partial charge on any atom is -0.351 e. The second-order valence-electron chi connectivity index (χ2n) is 6.29. The van der Waals surface area contributed by atoms with E-state index in [1.807, 2.05) is 19.1 Å². The second-order valence-corrected chi connectivity index (χ2v) is 6.29. The van der Waals surface area contributed by atoms with Crippen LogP contribution in [0.25, 0.3) is 0 Å². The van der Waals surface area contributed by atoms with Gasteiger partial charge >= 0.3 is 0 Å². The predicted molar refractivity (Wildman–Crippen MR) is 97.7 cm³/mol. The summed E-state index contributed by atoms with van der Waals surface area (Å²) in [6.07, 6.45) is 3.47. The van der Waals surface area contributed by atoms with Crippen molar-refractivity contribution in [2.75, 3.05) is 11.9 Å². The van der Waals surface area contributed by atoms with Crippen LogP contribution in [0.15, 0.2) is 30.5 Å². The highest BCUT2D eigenvalue weighted by atomic mass is 16.1. The molecule has 0 fully saturated rings. The SMILES string of the molecule is CCc1cccc(C)c1Nc1nccc(C(=O)NCCC(C)C)n1. The van der Waals surface area contributed by atoms with Crippen molar-refractivity contribution in [2.45, 2.75) is 40.5 Å². The average molecular weight is 326 g/mol. The summed E-state index contributed by atoms with van der Waals surface area (Å²) in [5.74, 6) is 0.832. The first kappa shape index (κ1) is 17.9. The van der Waals surface area contributed by atoms with Gasteiger partial charge in [-0.05, 0) is 42.9 Å². The molecule has 2 rings (SSSR count). The van der Waals surface area contributed by atoms with Gasteiger partial charge in [-0.2, -0.15) is 0 Å². The maximum Gasteiger partial charge on any atom is 0.270 e. The molecule has 5 heteroatoms. The number of nitrogens with one attached hydrogen (secondary N) is 2. The molecule has 0 aliphatic rings. The number of rotatable bonds is 7. The Morgan fingerprint density at radius 3 is 2.75 bits per heavy atom. The van der Waals surface area contributed by atoms with E-state index >= 15 is 0 Å². The molecule has 0 spiro atoms. The Bertz CT molecular complexity index is 698. The first-order valence-electron chi connectivity index (χ1n) is 8.48. The molecule has 5 nitrogen and oxygen atoms in total. The van der Waals surface area contributed by atoms with Crippen LogP contribution in [0.4, 0.5) is 11.6 Å². The first-order chi connectivity index (χ1) is 11.5. The molecule has 128 valence electrons. The molecule has 0 atom stereocenters. The van der Waals surface area contributed by atoms with Crippen molar-refractivity contribution in [3.05, 3.63) is 47.3 Å². The van der Waals surface area contributed by atoms with Crippen LogP contribution in [-0.2, 0) is 6.42 Å². The molecule has 1 aromatic carbocycles. The number of hydrogen-bond acceptors (Lipinski definition) is 4. The van der Waals surface area contributed by atoms with Crippen LogP contribution < -0.4 is 10.6 Å². The van der Waals surface area contributed by atoms with Gasteiger partial charge in [-0.25, -0.2) is 9.97 Å². The Kier molecular flexibility index (Phi) is 6.29. The van der Waals surface area contributed by atoms with Crippen LogP contribution in [0.1, 0.15) is 48.8 Å². The van der Waals surface area contributed by atoms with Crippen LogP contribution in [0, 0.1) is 12.8 Å². The molecule has 0 bridgehead atoms. The molecule has 0 saturated carbocycles. The zero-order valence-electron chi connectivity index (χ0n) is 14.9. The van der Waals surface area contributed by atoms with E-state index in [-0.39, 0.29) is 5.91 Å². The van der Waals surface area contributed by atoms with Gasteiger partial charge in [0.25, 0.3) is 5.91 Å². The van der Waals surface area contributed by atoms with E-state index in [1.165, 1.54) is 5.56 Å². The van der Waals surface area contributed by atoms with E-state index in [4.69, 9.17) is 0 Å². The number of benzene rings is 1. The summed E-state index contributed by atoms with van der Waals surface area (Å²) >= 11 is 0. The Morgan fingerprint density at radius 1 is 1.25 bits per heavy atom. The molecular formula is C19H26N4O. The van der Waals surface area contributed by atoms with Crippen molar-refractivity contribution in [3.8, 4) is 0 Å². The minimum atomic E-state index is -0.165. The number of anilines is 2. The Balaban J connectivity index is 2.12. The summed E-state index contributed by atoms with van der Waals surface area (Å²) in [5, 5.41) is 6.16. The fourth-order valence-corrected chi connectivity index (χ4v) is 2.42. The highest BCUT2D eigenvalue weighted by Gasteiger charge is 2.10. The first-order valence-corrected chi connectivity index (χ1v) is 8.48. The maximum absolute atomic E-state index is 12.2. The number of carbonyl (C=O) groups excluding carboxylic acids is 1.